The Labute approximate surface area is 160 Å². The minimum Gasteiger partial charge on any atom is -0.387 e. The van der Waals surface area contributed by atoms with E-state index in [1.807, 2.05) is 0 Å². The fourth-order valence-corrected chi connectivity index (χ4v) is 3.91. The van der Waals surface area contributed by atoms with Gasteiger partial charge >= 0.3 is 0 Å². The molecule has 23 heavy (non-hydrogen) atoms. The Morgan fingerprint density at radius 2 is 2.17 bits per heavy atom. The minimum absolute atomic E-state index is 0. The number of hydrogen-bond donors (Lipinski definition) is 3. The maximum absolute atomic E-state index is 10.4. The van der Waals surface area contributed by atoms with Crippen LogP contribution in [0.2, 0.25) is 0 Å². The van der Waals surface area contributed by atoms with Crippen molar-refractivity contribution in [3.05, 3.63) is 35.4 Å². The third kappa shape index (κ3) is 6.15. The molecule has 0 aliphatic carbocycles. The van der Waals surface area contributed by atoms with E-state index in [9.17, 15) is 5.11 Å². The van der Waals surface area contributed by atoms with Crippen LogP contribution < -0.4 is 10.6 Å². The topological polar surface area (TPSA) is 56.7 Å². The molecule has 0 aromatic heterocycles. The Hall–Kier alpha value is -0.470. The third-order valence-corrected chi connectivity index (χ3v) is 5.20. The summed E-state index contributed by atoms with van der Waals surface area (Å²) in [6.07, 6.45) is 0.827. The Morgan fingerprint density at radius 1 is 1.43 bits per heavy atom. The molecule has 0 saturated carbocycles. The van der Waals surface area contributed by atoms with E-state index in [-0.39, 0.29) is 30.0 Å². The van der Waals surface area contributed by atoms with Gasteiger partial charge in [0.25, 0.3) is 0 Å². The zero-order valence-electron chi connectivity index (χ0n) is 14.1. The third-order valence-electron chi connectivity index (χ3n) is 3.97. The number of aliphatic imine (C=N–C) groups is 1. The van der Waals surface area contributed by atoms with E-state index < -0.39 is 5.60 Å². The van der Waals surface area contributed by atoms with E-state index >= 15 is 0 Å². The molecule has 2 atom stereocenters. The van der Waals surface area contributed by atoms with E-state index in [2.05, 4.69) is 60.7 Å². The standard InChI is InChI=1S/C17H27N3OS.HI/c1-4-18-16(19-11-17(21)9-10-22-12-17)20-14(3)15-8-6-5-7-13(15)2;/h5-8,14,21H,4,9-12H2,1-3H3,(H2,18,19,20);1H. The number of guanidine groups is 1. The van der Waals surface area contributed by atoms with Gasteiger partial charge in [-0.05, 0) is 44.1 Å². The van der Waals surface area contributed by atoms with Crippen molar-refractivity contribution in [2.45, 2.75) is 38.8 Å². The molecule has 1 fully saturated rings. The van der Waals surface area contributed by atoms with E-state index in [0.717, 1.165) is 30.4 Å². The van der Waals surface area contributed by atoms with E-state index in [4.69, 9.17) is 0 Å². The highest BCUT2D eigenvalue weighted by Crippen LogP contribution is 2.27. The summed E-state index contributed by atoms with van der Waals surface area (Å²) in [6, 6.07) is 8.54. The van der Waals surface area contributed by atoms with Crippen LogP contribution in [0.4, 0.5) is 0 Å². The van der Waals surface area contributed by atoms with Crippen LogP contribution in [-0.2, 0) is 0 Å². The largest absolute Gasteiger partial charge is 0.387 e. The maximum Gasteiger partial charge on any atom is 0.191 e. The van der Waals surface area contributed by atoms with E-state index in [1.54, 1.807) is 11.8 Å². The van der Waals surface area contributed by atoms with Crippen molar-refractivity contribution < 1.29 is 5.11 Å². The van der Waals surface area contributed by atoms with Gasteiger partial charge in [0.05, 0.1) is 18.2 Å². The van der Waals surface area contributed by atoms with Gasteiger partial charge in [-0.1, -0.05) is 24.3 Å². The van der Waals surface area contributed by atoms with Crippen LogP contribution in [-0.4, -0.2) is 41.3 Å². The van der Waals surface area contributed by atoms with Gasteiger partial charge in [0.15, 0.2) is 5.96 Å². The molecule has 6 heteroatoms. The average molecular weight is 449 g/mol. The summed E-state index contributed by atoms with van der Waals surface area (Å²) in [6.45, 7) is 7.57. The molecule has 0 amide bonds. The molecule has 0 spiro atoms. The maximum atomic E-state index is 10.4. The van der Waals surface area contributed by atoms with Gasteiger partial charge in [0.2, 0.25) is 0 Å². The van der Waals surface area contributed by atoms with Crippen molar-refractivity contribution in [3.63, 3.8) is 0 Å². The number of aliphatic hydroxyl groups is 1. The molecule has 1 aromatic carbocycles. The number of halogens is 1. The highest BCUT2D eigenvalue weighted by molar-refractivity contribution is 14.0. The van der Waals surface area contributed by atoms with Crippen LogP contribution in [0.1, 0.15) is 37.4 Å². The van der Waals surface area contributed by atoms with Gasteiger partial charge in [-0.15, -0.1) is 24.0 Å². The number of thioether (sulfide) groups is 1. The second-order valence-corrected chi connectivity index (χ2v) is 7.05. The minimum atomic E-state index is -0.640. The summed E-state index contributed by atoms with van der Waals surface area (Å²) < 4.78 is 0. The lowest BCUT2D eigenvalue weighted by atomic mass is 10.0. The second kappa shape index (κ2) is 9.74. The molecule has 2 unspecified atom stereocenters. The second-order valence-electron chi connectivity index (χ2n) is 5.94. The number of rotatable bonds is 5. The Kier molecular flexibility index (Phi) is 8.71. The van der Waals surface area contributed by atoms with Crippen LogP contribution in [0.3, 0.4) is 0 Å². The number of aryl methyl sites for hydroxylation is 1. The summed E-state index contributed by atoms with van der Waals surface area (Å²) in [5.41, 5.74) is 1.89. The van der Waals surface area contributed by atoms with Crippen molar-refractivity contribution in [1.82, 2.24) is 10.6 Å². The molecule has 1 aliphatic rings. The Balaban J connectivity index is 0.00000264. The molecular weight excluding hydrogens is 421 g/mol. The van der Waals surface area contributed by atoms with Gasteiger partial charge in [0, 0.05) is 12.3 Å². The highest BCUT2D eigenvalue weighted by atomic mass is 127. The first kappa shape index (κ1) is 20.6. The lowest BCUT2D eigenvalue weighted by molar-refractivity contribution is 0.0778. The predicted molar refractivity (Wildman–Crippen MR) is 111 cm³/mol. The van der Waals surface area contributed by atoms with Gasteiger partial charge < -0.3 is 15.7 Å². The molecule has 1 aromatic rings. The van der Waals surface area contributed by atoms with Crippen LogP contribution in [0.15, 0.2) is 29.3 Å². The lowest BCUT2D eigenvalue weighted by Gasteiger charge is -2.22. The molecule has 1 saturated heterocycles. The van der Waals surface area contributed by atoms with Crippen molar-refractivity contribution in [2.24, 2.45) is 4.99 Å². The predicted octanol–water partition coefficient (Wildman–Crippen LogP) is 3.10. The van der Waals surface area contributed by atoms with Crippen molar-refractivity contribution in [2.75, 3.05) is 24.6 Å². The number of benzene rings is 1. The number of hydrogen-bond acceptors (Lipinski definition) is 3. The number of nitrogens with zero attached hydrogens (tertiary/aromatic N) is 1. The van der Waals surface area contributed by atoms with Gasteiger partial charge in [-0.2, -0.15) is 11.8 Å². The summed E-state index contributed by atoms with van der Waals surface area (Å²) in [5, 5.41) is 17.1. The summed E-state index contributed by atoms with van der Waals surface area (Å²) >= 11 is 1.80. The molecule has 4 nitrogen and oxygen atoms in total. The molecule has 3 N–H and O–H groups in total. The lowest BCUT2D eigenvalue weighted by Crippen LogP contribution is -2.41. The van der Waals surface area contributed by atoms with Gasteiger partial charge in [-0.3, -0.25) is 4.99 Å². The Morgan fingerprint density at radius 3 is 2.78 bits per heavy atom. The molecule has 0 bridgehead atoms. The van der Waals surface area contributed by atoms with E-state index in [1.165, 1.54) is 11.1 Å². The molecule has 1 heterocycles. The fourth-order valence-electron chi connectivity index (χ4n) is 2.62. The quantitative estimate of drug-likeness (QED) is 0.368. The fraction of sp³-hybridized carbons (Fsp3) is 0.588. The smallest absolute Gasteiger partial charge is 0.191 e. The van der Waals surface area contributed by atoms with E-state index in [0.29, 0.717) is 6.54 Å². The zero-order chi connectivity index (χ0) is 16.0. The number of nitrogens with one attached hydrogen (secondary N) is 2. The molecular formula is C17H28IN3OS. The molecule has 0 radical (unpaired) electrons. The average Bonchev–Trinajstić information content (AvgIpc) is 2.93. The normalized spacial score (nSPS) is 22.3. The zero-order valence-corrected chi connectivity index (χ0v) is 17.3. The van der Waals surface area contributed by atoms with Crippen LogP contribution in [0.5, 0.6) is 0 Å². The molecule has 130 valence electrons. The first-order chi connectivity index (χ1) is 10.5. The van der Waals surface area contributed by atoms with Crippen molar-refractivity contribution in [3.8, 4) is 0 Å². The summed E-state index contributed by atoms with van der Waals surface area (Å²) in [4.78, 5) is 4.59. The van der Waals surface area contributed by atoms with Gasteiger partial charge in [0.1, 0.15) is 0 Å². The van der Waals surface area contributed by atoms with Crippen LogP contribution >= 0.6 is 35.7 Å². The van der Waals surface area contributed by atoms with Gasteiger partial charge in [-0.25, -0.2) is 0 Å². The summed E-state index contributed by atoms with van der Waals surface area (Å²) in [5.74, 6) is 2.57. The summed E-state index contributed by atoms with van der Waals surface area (Å²) in [7, 11) is 0. The SMILES string of the molecule is CCNC(=NCC1(O)CCSC1)NC(C)c1ccccc1C.I. The van der Waals surface area contributed by atoms with Crippen molar-refractivity contribution >= 4 is 41.7 Å². The molecule has 1 aliphatic heterocycles. The molecule has 2 rings (SSSR count). The first-order valence-electron chi connectivity index (χ1n) is 7.94. The monoisotopic (exact) mass is 449 g/mol. The first-order valence-corrected chi connectivity index (χ1v) is 9.10. The van der Waals surface area contributed by atoms with Crippen LogP contribution in [0, 0.1) is 6.92 Å². The van der Waals surface area contributed by atoms with Crippen LogP contribution in [0.25, 0.3) is 0 Å². The van der Waals surface area contributed by atoms with Crippen molar-refractivity contribution in [1.29, 1.82) is 0 Å². The Bertz CT molecular complexity index is 518. The highest BCUT2D eigenvalue weighted by Gasteiger charge is 2.31.